The van der Waals surface area contributed by atoms with Crippen LogP contribution in [0.2, 0.25) is 0 Å². The monoisotopic (exact) mass is 509 g/mol. The van der Waals surface area contributed by atoms with E-state index in [0.717, 1.165) is 26.5 Å². The smallest absolute Gasteiger partial charge is 0.335 e. The molecule has 6 nitrogen and oxygen atoms in total. The number of likely N-dealkylation sites (N-methyl/N-ethyl adjacent to an activating group) is 1. The summed E-state index contributed by atoms with van der Waals surface area (Å²) in [5, 5.41) is 8.68. The Balaban J connectivity index is 1.69. The predicted octanol–water partition coefficient (Wildman–Crippen LogP) is 4.62. The van der Waals surface area contributed by atoms with E-state index < -0.39 is 5.97 Å². The molecule has 2 aromatic carbocycles. The number of carbonyl (C=O) groups is 3. The Labute approximate surface area is 179 Å². The number of benzene rings is 2. The summed E-state index contributed by atoms with van der Waals surface area (Å²) in [5.41, 5.74) is 1.90. The predicted molar refractivity (Wildman–Crippen MR) is 115 cm³/mol. The van der Waals surface area contributed by atoms with Gasteiger partial charge in [-0.1, -0.05) is 18.2 Å². The van der Waals surface area contributed by atoms with Crippen LogP contribution in [0.25, 0.3) is 6.08 Å². The average molecular weight is 509 g/mol. The van der Waals surface area contributed by atoms with Crippen molar-refractivity contribution in [2.24, 2.45) is 0 Å². The Hall–Kier alpha value is -2.33. The molecule has 1 aliphatic heterocycles. The highest BCUT2D eigenvalue weighted by Crippen LogP contribution is 2.33. The van der Waals surface area contributed by atoms with E-state index in [1.54, 1.807) is 37.3 Å². The maximum absolute atomic E-state index is 12.2. The number of imide groups is 1. The van der Waals surface area contributed by atoms with Gasteiger partial charge in [0.05, 0.1) is 14.0 Å². The lowest BCUT2D eigenvalue weighted by molar-refractivity contribution is -0.122. The summed E-state index contributed by atoms with van der Waals surface area (Å²) < 4.78 is 6.67. The standard InChI is InChI=1S/C20H16INO5S/c1-2-22-18(23)17(28-20(22)26)10-13-5-8-16(15(21)9-13)27-11-12-3-6-14(7-4-12)19(24)25/h3-10H,2,11H2,1H3,(H,24,25)/b17-10+. The molecule has 0 atom stereocenters. The molecule has 1 fully saturated rings. The van der Waals surface area contributed by atoms with Crippen LogP contribution in [0.5, 0.6) is 5.75 Å². The van der Waals surface area contributed by atoms with E-state index in [1.807, 2.05) is 18.2 Å². The van der Waals surface area contributed by atoms with Crippen LogP contribution in [0, 0.1) is 3.57 Å². The molecule has 2 aromatic rings. The van der Waals surface area contributed by atoms with Crippen molar-refractivity contribution in [3.8, 4) is 5.75 Å². The molecule has 8 heteroatoms. The van der Waals surface area contributed by atoms with Crippen molar-refractivity contribution in [1.29, 1.82) is 0 Å². The highest BCUT2D eigenvalue weighted by Gasteiger charge is 2.33. The third-order valence-corrected chi connectivity index (χ3v) is 5.79. The van der Waals surface area contributed by atoms with Crippen LogP contribution in [0.15, 0.2) is 47.4 Å². The Morgan fingerprint density at radius 1 is 1.21 bits per heavy atom. The minimum absolute atomic E-state index is 0.232. The van der Waals surface area contributed by atoms with Crippen molar-refractivity contribution in [3.63, 3.8) is 0 Å². The van der Waals surface area contributed by atoms with E-state index >= 15 is 0 Å². The van der Waals surface area contributed by atoms with Gasteiger partial charge >= 0.3 is 5.97 Å². The first-order valence-electron chi connectivity index (χ1n) is 8.39. The number of nitrogens with zero attached hydrogens (tertiary/aromatic N) is 1. The lowest BCUT2D eigenvalue weighted by Crippen LogP contribution is -2.27. The van der Waals surface area contributed by atoms with Crippen molar-refractivity contribution in [2.75, 3.05) is 6.54 Å². The van der Waals surface area contributed by atoms with Gasteiger partial charge in [-0.25, -0.2) is 4.79 Å². The molecule has 0 aromatic heterocycles. The third-order valence-electron chi connectivity index (χ3n) is 4.04. The SMILES string of the molecule is CCN1C(=O)S/C(=C/c2ccc(OCc3ccc(C(=O)O)cc3)c(I)c2)C1=O. The van der Waals surface area contributed by atoms with E-state index in [1.165, 1.54) is 4.90 Å². The van der Waals surface area contributed by atoms with Gasteiger partial charge in [-0.15, -0.1) is 0 Å². The number of thioether (sulfide) groups is 1. The number of hydrogen-bond acceptors (Lipinski definition) is 5. The first-order chi connectivity index (χ1) is 13.4. The van der Waals surface area contributed by atoms with Crippen LogP contribution < -0.4 is 4.74 Å². The summed E-state index contributed by atoms with van der Waals surface area (Å²) in [6.45, 7) is 2.44. The van der Waals surface area contributed by atoms with E-state index in [9.17, 15) is 14.4 Å². The van der Waals surface area contributed by atoms with Crippen molar-refractivity contribution < 1.29 is 24.2 Å². The van der Waals surface area contributed by atoms with Gasteiger partial charge in [0.2, 0.25) is 0 Å². The van der Waals surface area contributed by atoms with Crippen LogP contribution in [-0.4, -0.2) is 33.7 Å². The zero-order chi connectivity index (χ0) is 20.3. The number of carboxylic acid groups (broad SMARTS) is 1. The molecule has 1 N–H and O–H groups in total. The first kappa shape index (κ1) is 20.4. The Morgan fingerprint density at radius 2 is 1.93 bits per heavy atom. The Morgan fingerprint density at radius 3 is 2.50 bits per heavy atom. The van der Waals surface area contributed by atoms with Crippen molar-refractivity contribution in [3.05, 3.63) is 67.6 Å². The molecule has 0 unspecified atom stereocenters. The maximum atomic E-state index is 12.2. The molecule has 1 saturated heterocycles. The van der Waals surface area contributed by atoms with E-state index in [4.69, 9.17) is 9.84 Å². The molecule has 0 spiro atoms. The summed E-state index contributed by atoms with van der Waals surface area (Å²) in [4.78, 5) is 36.5. The molecule has 0 saturated carbocycles. The summed E-state index contributed by atoms with van der Waals surface area (Å²) in [7, 11) is 0. The van der Waals surface area contributed by atoms with Crippen LogP contribution in [0.3, 0.4) is 0 Å². The second-order valence-electron chi connectivity index (χ2n) is 5.91. The number of halogens is 1. The van der Waals surface area contributed by atoms with Gasteiger partial charge in [0, 0.05) is 6.54 Å². The zero-order valence-electron chi connectivity index (χ0n) is 14.8. The molecule has 0 radical (unpaired) electrons. The van der Waals surface area contributed by atoms with E-state index in [2.05, 4.69) is 22.6 Å². The zero-order valence-corrected chi connectivity index (χ0v) is 17.8. The molecular formula is C20H16INO5S. The first-order valence-corrected chi connectivity index (χ1v) is 10.3. The van der Waals surface area contributed by atoms with Crippen molar-refractivity contribution >= 4 is 57.5 Å². The number of hydrogen-bond donors (Lipinski definition) is 1. The normalized spacial score (nSPS) is 15.4. The molecule has 144 valence electrons. The summed E-state index contributed by atoms with van der Waals surface area (Å²) in [6, 6.07) is 12.0. The number of carbonyl (C=O) groups excluding carboxylic acids is 2. The van der Waals surface area contributed by atoms with Crippen LogP contribution in [0.4, 0.5) is 4.79 Å². The van der Waals surface area contributed by atoms with E-state index in [-0.39, 0.29) is 16.7 Å². The summed E-state index contributed by atoms with van der Waals surface area (Å²) in [6.07, 6.45) is 1.71. The minimum Gasteiger partial charge on any atom is -0.488 e. The Bertz CT molecular complexity index is 971. The van der Waals surface area contributed by atoms with Gasteiger partial charge in [-0.05, 0) is 82.7 Å². The highest BCUT2D eigenvalue weighted by atomic mass is 127. The molecule has 2 amide bonds. The Kier molecular flexibility index (Phi) is 6.40. The fraction of sp³-hybridized carbons (Fsp3) is 0.150. The van der Waals surface area contributed by atoms with Crippen LogP contribution in [-0.2, 0) is 11.4 Å². The van der Waals surface area contributed by atoms with Gasteiger partial charge in [-0.2, -0.15) is 0 Å². The lowest BCUT2D eigenvalue weighted by Gasteiger charge is -2.09. The lowest BCUT2D eigenvalue weighted by atomic mass is 10.1. The maximum Gasteiger partial charge on any atom is 0.335 e. The summed E-state index contributed by atoms with van der Waals surface area (Å²) >= 11 is 3.09. The topological polar surface area (TPSA) is 83.9 Å². The van der Waals surface area contributed by atoms with Gasteiger partial charge in [0.15, 0.2) is 0 Å². The number of ether oxygens (including phenoxy) is 1. The largest absolute Gasteiger partial charge is 0.488 e. The fourth-order valence-corrected chi connectivity index (χ4v) is 4.15. The van der Waals surface area contributed by atoms with Crippen LogP contribution >= 0.6 is 34.4 Å². The molecule has 1 aliphatic rings. The van der Waals surface area contributed by atoms with E-state index in [0.29, 0.717) is 23.8 Å². The van der Waals surface area contributed by atoms with Gasteiger partial charge in [0.1, 0.15) is 12.4 Å². The molecule has 0 bridgehead atoms. The molecule has 0 aliphatic carbocycles. The molecule has 1 heterocycles. The highest BCUT2D eigenvalue weighted by molar-refractivity contribution is 14.1. The van der Waals surface area contributed by atoms with Crippen molar-refractivity contribution in [1.82, 2.24) is 4.90 Å². The molecule has 28 heavy (non-hydrogen) atoms. The number of amides is 2. The number of aromatic carboxylic acids is 1. The number of rotatable bonds is 6. The number of carboxylic acids is 1. The second-order valence-corrected chi connectivity index (χ2v) is 8.06. The molecule has 3 rings (SSSR count). The van der Waals surface area contributed by atoms with Crippen LogP contribution in [0.1, 0.15) is 28.4 Å². The fourth-order valence-electron chi connectivity index (χ4n) is 2.55. The minimum atomic E-state index is -0.964. The van der Waals surface area contributed by atoms with Gasteiger partial charge < -0.3 is 9.84 Å². The average Bonchev–Trinajstić information content (AvgIpc) is 2.94. The second kappa shape index (κ2) is 8.78. The molecular weight excluding hydrogens is 493 g/mol. The quantitative estimate of drug-likeness (QED) is 0.452. The van der Waals surface area contributed by atoms with Crippen molar-refractivity contribution in [2.45, 2.75) is 13.5 Å². The summed E-state index contributed by atoms with van der Waals surface area (Å²) in [5.74, 6) is -0.547. The third kappa shape index (κ3) is 4.56. The van der Waals surface area contributed by atoms with Gasteiger partial charge in [0.25, 0.3) is 11.1 Å². The van der Waals surface area contributed by atoms with Gasteiger partial charge in [-0.3, -0.25) is 14.5 Å².